The Kier molecular flexibility index (Phi) is 6.09. The van der Waals surface area contributed by atoms with Gasteiger partial charge in [0.2, 0.25) is 0 Å². The molecule has 0 aromatic carbocycles. The van der Waals surface area contributed by atoms with E-state index in [1.165, 1.54) is 0 Å². The van der Waals surface area contributed by atoms with E-state index in [0.29, 0.717) is 24.5 Å². The van der Waals surface area contributed by atoms with Gasteiger partial charge in [0.25, 0.3) is 0 Å². The summed E-state index contributed by atoms with van der Waals surface area (Å²) in [5.41, 5.74) is 0. The van der Waals surface area contributed by atoms with Crippen LogP contribution in [0.3, 0.4) is 0 Å². The van der Waals surface area contributed by atoms with Crippen molar-refractivity contribution in [3.8, 4) is 12.1 Å². The number of likely N-dealkylation sites (tertiary alicyclic amines) is 1. The third-order valence-electron chi connectivity index (χ3n) is 3.02. The van der Waals surface area contributed by atoms with Crippen molar-refractivity contribution < 1.29 is 0 Å². The summed E-state index contributed by atoms with van der Waals surface area (Å²) in [6.45, 7) is 5.69. The van der Waals surface area contributed by atoms with E-state index in [0.717, 1.165) is 34.5 Å². The maximum atomic E-state index is 8.72. The quantitative estimate of drug-likeness (QED) is 0.688. The predicted octanol–water partition coefficient (Wildman–Crippen LogP) is 2.67. The van der Waals surface area contributed by atoms with Crippen LogP contribution in [0.15, 0.2) is 12.4 Å². The van der Waals surface area contributed by atoms with Crippen molar-refractivity contribution in [1.82, 2.24) is 4.90 Å². The van der Waals surface area contributed by atoms with Gasteiger partial charge in [-0.2, -0.15) is 10.5 Å². The van der Waals surface area contributed by atoms with Gasteiger partial charge in [-0.15, -0.1) is 0 Å². The first-order valence-electron chi connectivity index (χ1n) is 5.66. The van der Waals surface area contributed by atoms with E-state index in [2.05, 4.69) is 23.6 Å². The van der Waals surface area contributed by atoms with Crippen LogP contribution in [-0.4, -0.2) is 23.8 Å². The van der Waals surface area contributed by atoms with Gasteiger partial charge in [-0.05, 0) is 25.3 Å². The summed E-state index contributed by atoms with van der Waals surface area (Å²) >= 11 is 0. The predicted molar refractivity (Wildman–Crippen MR) is 67.1 cm³/mol. The van der Waals surface area contributed by atoms with Gasteiger partial charge < -0.3 is 0 Å². The van der Waals surface area contributed by atoms with E-state index in [1.54, 1.807) is 0 Å². The highest BCUT2D eigenvalue weighted by Gasteiger charge is 2.26. The molecular formula is C12H18N3P. The first-order valence-corrected chi connectivity index (χ1v) is 6.82. The van der Waals surface area contributed by atoms with E-state index < -0.39 is 0 Å². The molecule has 0 aromatic heterocycles. The van der Waals surface area contributed by atoms with Crippen molar-refractivity contribution in [2.75, 3.05) is 13.1 Å². The molecule has 0 radical (unpaired) electrons. The van der Waals surface area contributed by atoms with Crippen LogP contribution < -0.4 is 0 Å². The lowest BCUT2D eigenvalue weighted by Gasteiger charge is -2.38. The molecule has 1 saturated heterocycles. The van der Waals surface area contributed by atoms with E-state index >= 15 is 0 Å². The Morgan fingerprint density at radius 1 is 1.44 bits per heavy atom. The molecular weight excluding hydrogens is 217 g/mol. The van der Waals surface area contributed by atoms with Crippen LogP contribution >= 0.6 is 8.58 Å². The maximum Gasteiger partial charge on any atom is 0.0635 e. The largest absolute Gasteiger partial charge is 0.295 e. The Labute approximate surface area is 99.5 Å². The van der Waals surface area contributed by atoms with Gasteiger partial charge in [-0.3, -0.25) is 4.90 Å². The molecule has 16 heavy (non-hydrogen) atoms. The SMILES string of the molecule is C=CPC1CC(CC#N)CCN1CCC#N. The van der Waals surface area contributed by atoms with Crippen molar-refractivity contribution in [2.45, 2.75) is 31.5 Å². The molecule has 3 nitrogen and oxygen atoms in total. The van der Waals surface area contributed by atoms with Gasteiger partial charge >= 0.3 is 0 Å². The number of rotatable bonds is 5. The fraction of sp³-hybridized carbons (Fsp3) is 0.667. The van der Waals surface area contributed by atoms with E-state index in [1.807, 2.05) is 5.82 Å². The third-order valence-corrected chi connectivity index (χ3v) is 4.24. The number of nitrogens with zero attached hydrogens (tertiary/aromatic N) is 3. The Morgan fingerprint density at radius 2 is 2.25 bits per heavy atom. The van der Waals surface area contributed by atoms with Gasteiger partial charge in [0.15, 0.2) is 0 Å². The summed E-state index contributed by atoms with van der Waals surface area (Å²) in [4.78, 5) is 2.39. The minimum absolute atomic E-state index is 0.512. The van der Waals surface area contributed by atoms with Crippen molar-refractivity contribution in [3.05, 3.63) is 12.4 Å². The lowest BCUT2D eigenvalue weighted by molar-refractivity contribution is 0.167. The van der Waals surface area contributed by atoms with Crippen LogP contribution in [0.2, 0.25) is 0 Å². The van der Waals surface area contributed by atoms with Gasteiger partial charge in [-0.25, -0.2) is 0 Å². The monoisotopic (exact) mass is 235 g/mol. The molecule has 4 heteroatoms. The second-order valence-corrected chi connectivity index (χ2v) is 5.49. The molecule has 86 valence electrons. The molecule has 1 heterocycles. The van der Waals surface area contributed by atoms with Crippen LogP contribution in [0.1, 0.15) is 25.7 Å². The van der Waals surface area contributed by atoms with Gasteiger partial charge in [0.1, 0.15) is 0 Å². The summed E-state index contributed by atoms with van der Waals surface area (Å²) in [6.07, 6.45) is 3.45. The summed E-state index contributed by atoms with van der Waals surface area (Å²) in [7, 11) is 0.717. The maximum absolute atomic E-state index is 8.72. The highest BCUT2D eigenvalue weighted by atomic mass is 31.1. The lowest BCUT2D eigenvalue weighted by atomic mass is 9.94. The molecule has 0 aromatic rings. The van der Waals surface area contributed by atoms with E-state index in [4.69, 9.17) is 10.5 Å². The minimum Gasteiger partial charge on any atom is -0.295 e. The Balaban J connectivity index is 2.50. The van der Waals surface area contributed by atoms with E-state index in [-0.39, 0.29) is 0 Å². The van der Waals surface area contributed by atoms with Gasteiger partial charge in [0.05, 0.1) is 12.1 Å². The molecule has 1 rings (SSSR count). The zero-order valence-electron chi connectivity index (χ0n) is 9.52. The third kappa shape index (κ3) is 3.93. The highest BCUT2D eigenvalue weighted by Crippen LogP contribution is 2.35. The van der Waals surface area contributed by atoms with Crippen LogP contribution in [0.4, 0.5) is 0 Å². The van der Waals surface area contributed by atoms with Crippen molar-refractivity contribution >= 4 is 8.58 Å². The normalized spacial score (nSPS) is 26.4. The number of hydrogen-bond donors (Lipinski definition) is 0. The Bertz CT molecular complexity index is 302. The molecule has 0 saturated carbocycles. The zero-order valence-corrected chi connectivity index (χ0v) is 10.5. The average Bonchev–Trinajstić information content (AvgIpc) is 2.29. The number of piperidine rings is 1. The smallest absolute Gasteiger partial charge is 0.0635 e. The van der Waals surface area contributed by atoms with Crippen LogP contribution in [0.25, 0.3) is 0 Å². The average molecular weight is 235 g/mol. The van der Waals surface area contributed by atoms with Crippen molar-refractivity contribution in [3.63, 3.8) is 0 Å². The molecule has 3 unspecified atom stereocenters. The molecule has 0 bridgehead atoms. The summed E-state index contributed by atoms with van der Waals surface area (Å²) in [6, 6.07) is 4.46. The number of nitriles is 2. The fourth-order valence-corrected chi connectivity index (χ4v) is 3.38. The highest BCUT2D eigenvalue weighted by molar-refractivity contribution is 7.42. The molecule has 0 aliphatic carbocycles. The van der Waals surface area contributed by atoms with Crippen molar-refractivity contribution in [2.24, 2.45) is 5.92 Å². The van der Waals surface area contributed by atoms with Gasteiger partial charge in [0, 0.05) is 25.2 Å². The second-order valence-electron chi connectivity index (χ2n) is 4.08. The summed E-state index contributed by atoms with van der Waals surface area (Å²) < 4.78 is 0. The zero-order chi connectivity index (χ0) is 11.8. The molecule has 0 amide bonds. The van der Waals surface area contributed by atoms with Crippen LogP contribution in [0, 0.1) is 28.6 Å². The van der Waals surface area contributed by atoms with E-state index in [9.17, 15) is 0 Å². The first-order chi connectivity index (χ1) is 7.81. The standard InChI is InChI=1S/C12H18N3P/c1-2-16-12-10-11(4-7-14)5-9-15(12)8-3-6-13/h2,11-12,16H,1,3-5,8-10H2. The number of hydrogen-bond acceptors (Lipinski definition) is 3. The molecule has 1 aliphatic rings. The fourth-order valence-electron chi connectivity index (χ4n) is 2.17. The second kappa shape index (κ2) is 7.39. The van der Waals surface area contributed by atoms with Crippen LogP contribution in [0.5, 0.6) is 0 Å². The van der Waals surface area contributed by atoms with Crippen LogP contribution in [-0.2, 0) is 0 Å². The first kappa shape index (κ1) is 13.2. The topological polar surface area (TPSA) is 50.8 Å². The minimum atomic E-state index is 0.512. The summed E-state index contributed by atoms with van der Waals surface area (Å²) in [5.74, 6) is 3.03. The molecule has 3 atom stereocenters. The summed E-state index contributed by atoms with van der Waals surface area (Å²) in [5, 5.41) is 17.3. The molecule has 1 aliphatic heterocycles. The molecule has 0 spiro atoms. The van der Waals surface area contributed by atoms with Gasteiger partial charge in [-0.1, -0.05) is 21.0 Å². The molecule has 0 N–H and O–H groups in total. The lowest BCUT2D eigenvalue weighted by Crippen LogP contribution is -2.40. The van der Waals surface area contributed by atoms with Crippen molar-refractivity contribution in [1.29, 1.82) is 10.5 Å². The Morgan fingerprint density at radius 3 is 2.88 bits per heavy atom. The molecule has 1 fully saturated rings. The Hall–Kier alpha value is -0.890.